The summed E-state index contributed by atoms with van der Waals surface area (Å²) in [5.41, 5.74) is 2.02. The number of rotatable bonds is 7. The average molecular weight is 473 g/mol. The molecule has 0 spiro atoms. The zero-order valence-corrected chi connectivity index (χ0v) is 19.3. The van der Waals surface area contributed by atoms with Crippen LogP contribution in [0, 0.1) is 6.92 Å². The van der Waals surface area contributed by atoms with E-state index in [1.165, 1.54) is 11.3 Å². The van der Waals surface area contributed by atoms with Crippen LogP contribution in [-0.4, -0.2) is 34.3 Å². The van der Waals surface area contributed by atoms with Gasteiger partial charge < -0.3 is 10.2 Å². The summed E-state index contributed by atoms with van der Waals surface area (Å²) in [6, 6.07) is 15.5. The third-order valence-corrected chi connectivity index (χ3v) is 7.15. The van der Waals surface area contributed by atoms with Crippen LogP contribution in [0.4, 0.5) is 10.8 Å². The van der Waals surface area contributed by atoms with Gasteiger partial charge in [-0.3, -0.25) is 9.59 Å². The molecule has 0 saturated carbocycles. The molecule has 1 saturated heterocycles. The summed E-state index contributed by atoms with van der Waals surface area (Å²) in [6.45, 7) is 2.58. The summed E-state index contributed by atoms with van der Waals surface area (Å²) in [6.07, 6.45) is 0.763. The lowest BCUT2D eigenvalue weighted by molar-refractivity contribution is -0.117. The molecule has 1 N–H and O–H groups in total. The number of hydrogen-bond donors (Lipinski definition) is 1. The molecule has 9 heteroatoms. The first-order valence-corrected chi connectivity index (χ1v) is 12.0. The molecule has 6 nitrogen and oxygen atoms in total. The van der Waals surface area contributed by atoms with E-state index in [9.17, 15) is 9.59 Å². The Morgan fingerprint density at radius 2 is 2.06 bits per heavy atom. The molecular formula is C22H21ClN4O2S2. The maximum Gasteiger partial charge on any atom is 0.227 e. The maximum atomic E-state index is 12.5. The average Bonchev–Trinajstić information content (AvgIpc) is 3.36. The minimum absolute atomic E-state index is 0.0170. The molecule has 31 heavy (non-hydrogen) atoms. The highest BCUT2D eigenvalue weighted by atomic mass is 35.5. The summed E-state index contributed by atoms with van der Waals surface area (Å²) >= 11 is 8.82. The van der Waals surface area contributed by atoms with Crippen molar-refractivity contribution in [3.8, 4) is 0 Å². The Kier molecular flexibility index (Phi) is 6.89. The first kappa shape index (κ1) is 21.8. The van der Waals surface area contributed by atoms with Gasteiger partial charge in [-0.25, -0.2) is 0 Å². The highest BCUT2D eigenvalue weighted by molar-refractivity contribution is 7.99. The molecule has 1 unspecified atom stereocenters. The Bertz CT molecular complexity index is 1090. The van der Waals surface area contributed by atoms with Crippen molar-refractivity contribution in [2.45, 2.75) is 30.6 Å². The number of nitrogens with zero attached hydrogens (tertiary/aromatic N) is 3. The summed E-state index contributed by atoms with van der Waals surface area (Å²) in [5.74, 6) is 0.613. The van der Waals surface area contributed by atoms with Gasteiger partial charge in [0.05, 0.1) is 0 Å². The first-order valence-electron chi connectivity index (χ1n) is 9.86. The van der Waals surface area contributed by atoms with Crippen LogP contribution in [0.2, 0.25) is 5.02 Å². The van der Waals surface area contributed by atoms with Crippen molar-refractivity contribution in [1.29, 1.82) is 0 Å². The van der Waals surface area contributed by atoms with E-state index in [0.29, 0.717) is 35.3 Å². The van der Waals surface area contributed by atoms with Gasteiger partial charge in [0.15, 0.2) is 0 Å². The fourth-order valence-corrected chi connectivity index (χ4v) is 5.17. The number of nitrogens with one attached hydrogen (secondary N) is 1. The molecule has 1 fully saturated rings. The van der Waals surface area contributed by atoms with Crippen LogP contribution < -0.4 is 10.2 Å². The van der Waals surface area contributed by atoms with Crippen molar-refractivity contribution in [3.63, 3.8) is 0 Å². The second-order valence-electron chi connectivity index (χ2n) is 7.29. The largest absolute Gasteiger partial charge is 0.312 e. The Morgan fingerprint density at radius 3 is 2.84 bits per heavy atom. The molecule has 160 valence electrons. The second-order valence-corrected chi connectivity index (χ2v) is 9.90. The molecule has 3 aromatic rings. The molecule has 0 aliphatic carbocycles. The van der Waals surface area contributed by atoms with Crippen molar-refractivity contribution in [1.82, 2.24) is 10.2 Å². The van der Waals surface area contributed by atoms with Gasteiger partial charge in [0.25, 0.3) is 0 Å². The number of thioether (sulfide) groups is 1. The topological polar surface area (TPSA) is 75.2 Å². The smallest absolute Gasteiger partial charge is 0.227 e. The summed E-state index contributed by atoms with van der Waals surface area (Å²) in [7, 11) is 0. The monoisotopic (exact) mass is 472 g/mol. The molecule has 1 aliphatic rings. The SMILES string of the molecule is Cc1cccc(N2CC(c3nnc(NC(=O)CCSc4ccc(Cl)cc4)s3)CC2=O)c1. The van der Waals surface area contributed by atoms with Gasteiger partial charge in [-0.05, 0) is 48.9 Å². The van der Waals surface area contributed by atoms with Crippen LogP contribution in [0.3, 0.4) is 0 Å². The minimum atomic E-state index is -0.104. The number of halogens is 1. The van der Waals surface area contributed by atoms with Crippen LogP contribution in [0.25, 0.3) is 0 Å². The number of carbonyl (C=O) groups is 2. The quantitative estimate of drug-likeness (QED) is 0.482. The van der Waals surface area contributed by atoms with Crippen LogP contribution in [0.5, 0.6) is 0 Å². The molecule has 1 atom stereocenters. The molecule has 2 aromatic carbocycles. The lowest BCUT2D eigenvalue weighted by atomic mass is 10.1. The minimum Gasteiger partial charge on any atom is -0.312 e. The third kappa shape index (κ3) is 5.64. The Balaban J connectivity index is 1.29. The van der Waals surface area contributed by atoms with E-state index in [1.54, 1.807) is 16.7 Å². The van der Waals surface area contributed by atoms with Gasteiger partial charge in [-0.15, -0.1) is 22.0 Å². The number of benzene rings is 2. The Labute approximate surface area is 194 Å². The van der Waals surface area contributed by atoms with E-state index < -0.39 is 0 Å². The van der Waals surface area contributed by atoms with Crippen molar-refractivity contribution in [2.24, 2.45) is 0 Å². The van der Waals surface area contributed by atoms with Gasteiger partial charge in [-0.2, -0.15) is 0 Å². The molecule has 1 aromatic heterocycles. The van der Waals surface area contributed by atoms with E-state index >= 15 is 0 Å². The lowest BCUT2D eigenvalue weighted by Crippen LogP contribution is -2.24. The second kappa shape index (κ2) is 9.80. The van der Waals surface area contributed by atoms with E-state index in [2.05, 4.69) is 15.5 Å². The van der Waals surface area contributed by atoms with E-state index in [0.717, 1.165) is 21.2 Å². The Morgan fingerprint density at radius 1 is 1.26 bits per heavy atom. The van der Waals surface area contributed by atoms with Crippen LogP contribution >= 0.6 is 34.7 Å². The van der Waals surface area contributed by atoms with Crippen molar-refractivity contribution in [2.75, 3.05) is 22.5 Å². The molecular weight excluding hydrogens is 452 g/mol. The summed E-state index contributed by atoms with van der Waals surface area (Å²) < 4.78 is 0. The highest BCUT2D eigenvalue weighted by Gasteiger charge is 2.34. The molecule has 2 amide bonds. The van der Waals surface area contributed by atoms with Crippen LogP contribution in [-0.2, 0) is 9.59 Å². The van der Waals surface area contributed by atoms with Crippen molar-refractivity contribution >= 4 is 57.3 Å². The van der Waals surface area contributed by atoms with Crippen molar-refractivity contribution in [3.05, 3.63) is 64.1 Å². The molecule has 1 aliphatic heterocycles. The van der Waals surface area contributed by atoms with Crippen LogP contribution in [0.15, 0.2) is 53.4 Å². The third-order valence-electron chi connectivity index (χ3n) is 4.89. The lowest BCUT2D eigenvalue weighted by Gasteiger charge is -2.16. The van der Waals surface area contributed by atoms with Gasteiger partial charge in [0.2, 0.25) is 16.9 Å². The summed E-state index contributed by atoms with van der Waals surface area (Å²) in [5, 5.41) is 13.1. The zero-order chi connectivity index (χ0) is 21.8. The molecule has 2 heterocycles. The Hall–Kier alpha value is -2.42. The van der Waals surface area contributed by atoms with E-state index in [-0.39, 0.29) is 17.7 Å². The van der Waals surface area contributed by atoms with Gasteiger partial charge in [-0.1, -0.05) is 35.1 Å². The predicted octanol–water partition coefficient (Wildman–Crippen LogP) is 5.14. The number of hydrogen-bond acceptors (Lipinski definition) is 6. The number of amides is 2. The van der Waals surface area contributed by atoms with Gasteiger partial charge >= 0.3 is 0 Å². The maximum absolute atomic E-state index is 12.5. The van der Waals surface area contributed by atoms with Crippen molar-refractivity contribution < 1.29 is 9.59 Å². The predicted molar refractivity (Wildman–Crippen MR) is 126 cm³/mol. The number of anilines is 2. The standard InChI is InChI=1S/C22H21ClN4O2S2/c1-14-3-2-4-17(11-14)27-13-15(12-20(27)29)21-25-26-22(31-21)24-19(28)9-10-30-18-7-5-16(23)6-8-18/h2-8,11,15H,9-10,12-13H2,1H3,(H,24,26,28). The fraction of sp³-hybridized carbons (Fsp3) is 0.273. The number of aryl methyl sites for hydroxylation is 1. The van der Waals surface area contributed by atoms with Gasteiger partial charge in [0, 0.05) is 46.7 Å². The zero-order valence-electron chi connectivity index (χ0n) is 16.9. The normalized spacial score (nSPS) is 16.0. The molecule has 0 radical (unpaired) electrons. The fourth-order valence-electron chi connectivity index (χ4n) is 3.34. The highest BCUT2D eigenvalue weighted by Crippen LogP contribution is 2.34. The number of aromatic nitrogens is 2. The molecule has 0 bridgehead atoms. The van der Waals surface area contributed by atoms with E-state index in [4.69, 9.17) is 11.6 Å². The van der Waals surface area contributed by atoms with Gasteiger partial charge in [0.1, 0.15) is 5.01 Å². The number of carbonyl (C=O) groups excluding carboxylic acids is 2. The van der Waals surface area contributed by atoms with Crippen LogP contribution in [0.1, 0.15) is 29.3 Å². The van der Waals surface area contributed by atoms with E-state index in [1.807, 2.05) is 55.5 Å². The summed E-state index contributed by atoms with van der Waals surface area (Å²) in [4.78, 5) is 27.6. The first-order chi connectivity index (χ1) is 15.0. The molecule has 4 rings (SSSR count).